The lowest BCUT2D eigenvalue weighted by molar-refractivity contribution is 0.185. The van der Waals surface area contributed by atoms with E-state index in [4.69, 9.17) is 0 Å². The second-order valence-corrected chi connectivity index (χ2v) is 4.17. The van der Waals surface area contributed by atoms with Crippen LogP contribution in [0.1, 0.15) is 18.9 Å². The summed E-state index contributed by atoms with van der Waals surface area (Å²) in [5.74, 6) is 0.319. The van der Waals surface area contributed by atoms with Crippen molar-refractivity contribution in [3.8, 4) is 5.75 Å². The van der Waals surface area contributed by atoms with E-state index in [0.717, 1.165) is 16.3 Å². The first-order valence-corrected chi connectivity index (χ1v) is 5.56. The molecule has 2 heteroatoms. The molecule has 16 heavy (non-hydrogen) atoms. The van der Waals surface area contributed by atoms with E-state index in [-0.39, 0.29) is 6.10 Å². The third kappa shape index (κ3) is 2.17. The van der Waals surface area contributed by atoms with Crippen molar-refractivity contribution in [3.05, 3.63) is 42.0 Å². The van der Waals surface area contributed by atoms with Crippen molar-refractivity contribution < 1.29 is 10.2 Å². The molecule has 2 rings (SSSR count). The predicted octanol–water partition coefficient (Wildman–Crippen LogP) is 2.86. The van der Waals surface area contributed by atoms with E-state index in [2.05, 4.69) is 0 Å². The molecule has 0 amide bonds. The van der Waals surface area contributed by atoms with Gasteiger partial charge in [0.1, 0.15) is 5.75 Å². The summed E-state index contributed by atoms with van der Waals surface area (Å²) < 4.78 is 0. The fourth-order valence-electron chi connectivity index (χ4n) is 1.94. The van der Waals surface area contributed by atoms with Crippen LogP contribution in [0.4, 0.5) is 0 Å². The summed E-state index contributed by atoms with van der Waals surface area (Å²) in [6.45, 7) is 1.77. The van der Waals surface area contributed by atoms with Gasteiger partial charge in [-0.05, 0) is 36.6 Å². The highest BCUT2D eigenvalue weighted by molar-refractivity contribution is 5.87. The molecule has 0 aliphatic heterocycles. The molecule has 0 heterocycles. The number of aryl methyl sites for hydroxylation is 1. The van der Waals surface area contributed by atoms with Crippen LogP contribution < -0.4 is 0 Å². The van der Waals surface area contributed by atoms with Gasteiger partial charge in [0.15, 0.2) is 0 Å². The zero-order valence-corrected chi connectivity index (χ0v) is 9.35. The van der Waals surface area contributed by atoms with Gasteiger partial charge in [-0.15, -0.1) is 0 Å². The monoisotopic (exact) mass is 216 g/mol. The largest absolute Gasteiger partial charge is 0.508 e. The molecule has 0 radical (unpaired) electrons. The van der Waals surface area contributed by atoms with Gasteiger partial charge in [0.25, 0.3) is 0 Å². The van der Waals surface area contributed by atoms with E-state index in [1.165, 1.54) is 0 Å². The highest BCUT2D eigenvalue weighted by Crippen LogP contribution is 2.28. The number of hydrogen-bond donors (Lipinski definition) is 2. The van der Waals surface area contributed by atoms with Crippen molar-refractivity contribution in [3.63, 3.8) is 0 Å². The third-order valence-electron chi connectivity index (χ3n) is 2.83. The van der Waals surface area contributed by atoms with Crippen LogP contribution in [0.5, 0.6) is 5.75 Å². The average Bonchev–Trinajstić information content (AvgIpc) is 2.27. The maximum Gasteiger partial charge on any atom is 0.119 e. The van der Waals surface area contributed by atoms with E-state index >= 15 is 0 Å². The fraction of sp³-hybridized carbons (Fsp3) is 0.286. The van der Waals surface area contributed by atoms with Gasteiger partial charge in [0.2, 0.25) is 0 Å². The Kier molecular flexibility index (Phi) is 3.11. The van der Waals surface area contributed by atoms with Gasteiger partial charge in [-0.2, -0.15) is 0 Å². The summed E-state index contributed by atoms with van der Waals surface area (Å²) in [6, 6.07) is 11.6. The number of aliphatic hydroxyl groups excluding tert-OH is 1. The van der Waals surface area contributed by atoms with Gasteiger partial charge < -0.3 is 10.2 Å². The summed E-state index contributed by atoms with van der Waals surface area (Å²) >= 11 is 0. The molecule has 2 aromatic carbocycles. The Bertz CT molecular complexity index is 489. The summed E-state index contributed by atoms with van der Waals surface area (Å²) in [5.41, 5.74) is 0.930. The molecular weight excluding hydrogens is 200 g/mol. The van der Waals surface area contributed by atoms with Gasteiger partial charge in [-0.25, -0.2) is 0 Å². The van der Waals surface area contributed by atoms with Crippen LogP contribution >= 0.6 is 0 Å². The van der Waals surface area contributed by atoms with Crippen LogP contribution in [0.25, 0.3) is 10.8 Å². The lowest BCUT2D eigenvalue weighted by atomic mass is 9.99. The third-order valence-corrected chi connectivity index (χ3v) is 2.83. The Morgan fingerprint density at radius 3 is 2.62 bits per heavy atom. The summed E-state index contributed by atoms with van der Waals surface area (Å²) in [6.07, 6.45) is 1.03. The normalized spacial score (nSPS) is 12.9. The quantitative estimate of drug-likeness (QED) is 0.828. The first-order valence-electron chi connectivity index (χ1n) is 5.56. The average molecular weight is 216 g/mol. The molecule has 2 aromatic rings. The second-order valence-electron chi connectivity index (χ2n) is 4.17. The van der Waals surface area contributed by atoms with Crippen LogP contribution in [-0.2, 0) is 6.42 Å². The van der Waals surface area contributed by atoms with E-state index < -0.39 is 0 Å². The van der Waals surface area contributed by atoms with Crippen molar-refractivity contribution in [1.29, 1.82) is 0 Å². The van der Waals surface area contributed by atoms with E-state index in [1.807, 2.05) is 30.3 Å². The molecule has 2 N–H and O–H groups in total. The lowest BCUT2D eigenvalue weighted by Crippen LogP contribution is -2.01. The molecule has 0 bridgehead atoms. The maximum absolute atomic E-state index is 9.84. The molecule has 84 valence electrons. The number of benzene rings is 2. The van der Waals surface area contributed by atoms with E-state index in [9.17, 15) is 10.2 Å². The Balaban J connectivity index is 2.44. The molecule has 2 nitrogen and oxygen atoms in total. The van der Waals surface area contributed by atoms with Crippen LogP contribution in [0.2, 0.25) is 0 Å². The zero-order chi connectivity index (χ0) is 11.5. The fourth-order valence-corrected chi connectivity index (χ4v) is 1.94. The number of rotatable bonds is 3. The molecule has 0 aliphatic carbocycles. The van der Waals surface area contributed by atoms with Crippen LogP contribution in [0.3, 0.4) is 0 Å². The maximum atomic E-state index is 9.84. The van der Waals surface area contributed by atoms with Gasteiger partial charge >= 0.3 is 0 Å². The topological polar surface area (TPSA) is 40.5 Å². The van der Waals surface area contributed by atoms with Crippen LogP contribution in [-0.4, -0.2) is 16.3 Å². The minimum Gasteiger partial charge on any atom is -0.508 e. The number of phenols is 1. The van der Waals surface area contributed by atoms with Gasteiger partial charge in [0, 0.05) is 5.56 Å². The Labute approximate surface area is 95.2 Å². The van der Waals surface area contributed by atoms with Crippen molar-refractivity contribution in [1.82, 2.24) is 0 Å². The molecule has 1 atom stereocenters. The Hall–Kier alpha value is -1.54. The predicted molar refractivity (Wildman–Crippen MR) is 65.6 cm³/mol. The summed E-state index contributed by atoms with van der Waals surface area (Å²) in [4.78, 5) is 0. The Morgan fingerprint density at radius 2 is 1.88 bits per heavy atom. The molecule has 0 saturated carbocycles. The second kappa shape index (κ2) is 4.54. The van der Waals surface area contributed by atoms with Crippen LogP contribution in [0, 0.1) is 0 Å². The number of aromatic hydroxyl groups is 1. The molecular formula is C14H16O2. The number of aliphatic hydroxyl groups is 1. The zero-order valence-electron chi connectivity index (χ0n) is 9.35. The van der Waals surface area contributed by atoms with Gasteiger partial charge in [0.05, 0.1) is 6.10 Å². The number of phenolic OH excluding ortho intramolecular Hbond substituents is 1. The van der Waals surface area contributed by atoms with E-state index in [0.29, 0.717) is 18.6 Å². The van der Waals surface area contributed by atoms with Crippen LogP contribution in [0.15, 0.2) is 36.4 Å². The molecule has 0 aromatic heterocycles. The molecule has 0 saturated heterocycles. The van der Waals surface area contributed by atoms with Crippen molar-refractivity contribution >= 4 is 10.8 Å². The highest BCUT2D eigenvalue weighted by Gasteiger charge is 2.07. The minimum atomic E-state index is -0.335. The minimum absolute atomic E-state index is 0.319. The Morgan fingerprint density at radius 1 is 1.12 bits per heavy atom. The molecule has 1 unspecified atom stereocenters. The van der Waals surface area contributed by atoms with E-state index in [1.54, 1.807) is 13.0 Å². The molecule has 0 fully saturated rings. The van der Waals surface area contributed by atoms with Crippen molar-refractivity contribution in [2.24, 2.45) is 0 Å². The number of hydrogen-bond acceptors (Lipinski definition) is 2. The smallest absolute Gasteiger partial charge is 0.119 e. The molecule has 0 aliphatic rings. The lowest BCUT2D eigenvalue weighted by Gasteiger charge is -2.10. The van der Waals surface area contributed by atoms with Crippen molar-refractivity contribution in [2.75, 3.05) is 0 Å². The van der Waals surface area contributed by atoms with Gasteiger partial charge in [-0.3, -0.25) is 0 Å². The SMILES string of the molecule is CC(O)CCc1c(O)ccc2ccccc12. The molecule has 0 spiro atoms. The van der Waals surface area contributed by atoms with Gasteiger partial charge in [-0.1, -0.05) is 30.3 Å². The van der Waals surface area contributed by atoms with Crippen molar-refractivity contribution in [2.45, 2.75) is 25.9 Å². The first kappa shape index (κ1) is 11.0. The number of fused-ring (bicyclic) bond motifs is 1. The highest BCUT2D eigenvalue weighted by atomic mass is 16.3. The summed E-state index contributed by atoms with van der Waals surface area (Å²) in [5, 5.41) is 21.3. The summed E-state index contributed by atoms with van der Waals surface area (Å²) in [7, 11) is 0. The first-order chi connectivity index (χ1) is 7.68. The standard InChI is InChI=1S/C14H16O2/c1-10(15)6-8-13-12-5-3-2-4-11(12)7-9-14(13)16/h2-5,7,9-10,15-16H,6,8H2,1H3.